The van der Waals surface area contributed by atoms with Crippen molar-refractivity contribution in [3.05, 3.63) is 41.0 Å². The normalized spacial score (nSPS) is 12.9. The number of H-pyrrole nitrogens is 1. The van der Waals surface area contributed by atoms with Crippen LogP contribution in [0, 0.1) is 11.3 Å². The van der Waals surface area contributed by atoms with Crippen LogP contribution < -0.4 is 26.1 Å². The predicted molar refractivity (Wildman–Crippen MR) is 84.4 cm³/mol. The Morgan fingerprint density at radius 2 is 2.04 bits per heavy atom. The van der Waals surface area contributed by atoms with E-state index in [9.17, 15) is 4.79 Å². The molecule has 1 amide bonds. The van der Waals surface area contributed by atoms with Gasteiger partial charge in [0.1, 0.15) is 17.4 Å². The van der Waals surface area contributed by atoms with Crippen LogP contribution in [-0.4, -0.2) is 13.0 Å². The topological polar surface area (TPSA) is 120 Å². The second-order valence-corrected chi connectivity index (χ2v) is 5.27. The Morgan fingerprint density at radius 1 is 1.35 bits per heavy atom. The van der Waals surface area contributed by atoms with Gasteiger partial charge in [-0.25, -0.2) is 9.88 Å². The summed E-state index contributed by atoms with van der Waals surface area (Å²) < 4.78 is 5.12. The number of benzene rings is 1. The van der Waals surface area contributed by atoms with E-state index in [4.69, 9.17) is 21.5 Å². The van der Waals surface area contributed by atoms with Gasteiger partial charge in [0, 0.05) is 0 Å². The zero-order valence-corrected chi connectivity index (χ0v) is 12.6. The molecule has 5 N–H and O–H groups in total. The number of carbonyl (C=O) groups is 1. The molecule has 0 radical (unpaired) electrons. The highest BCUT2D eigenvalue weighted by Crippen LogP contribution is 2.33. The smallest absolute Gasteiger partial charge is 0.287 e. The molecule has 1 aliphatic heterocycles. The van der Waals surface area contributed by atoms with Crippen LogP contribution in [0.15, 0.2) is 24.3 Å². The molecule has 7 heteroatoms. The third-order valence-electron chi connectivity index (χ3n) is 3.91. The fraction of sp³-hybridized carbons (Fsp3) is 0.188. The maximum atomic E-state index is 12.3. The fourth-order valence-electron chi connectivity index (χ4n) is 2.67. The van der Waals surface area contributed by atoms with Crippen LogP contribution in [-0.2, 0) is 17.8 Å². The van der Waals surface area contributed by atoms with Gasteiger partial charge in [-0.05, 0) is 17.7 Å². The van der Waals surface area contributed by atoms with Crippen LogP contribution in [0.2, 0.25) is 0 Å². The predicted octanol–water partition coefficient (Wildman–Crippen LogP) is 0.635. The van der Waals surface area contributed by atoms with Gasteiger partial charge in [0.15, 0.2) is 0 Å². The molecule has 0 saturated carbocycles. The summed E-state index contributed by atoms with van der Waals surface area (Å²) in [6.45, 7) is 0.386. The summed E-state index contributed by atoms with van der Waals surface area (Å²) in [6.07, 6.45) is 0.156. The Labute approximate surface area is 133 Å². The summed E-state index contributed by atoms with van der Waals surface area (Å²) in [5.41, 5.74) is 13.8. The van der Waals surface area contributed by atoms with Gasteiger partial charge >= 0.3 is 0 Å². The van der Waals surface area contributed by atoms with Crippen molar-refractivity contribution in [2.45, 2.75) is 13.0 Å². The van der Waals surface area contributed by atoms with Crippen molar-refractivity contribution in [2.24, 2.45) is 0 Å². The zero-order valence-electron chi connectivity index (χ0n) is 12.6. The number of rotatable bonds is 3. The fourth-order valence-corrected chi connectivity index (χ4v) is 2.67. The van der Waals surface area contributed by atoms with Crippen molar-refractivity contribution in [3.8, 4) is 11.8 Å². The second-order valence-electron chi connectivity index (χ2n) is 5.27. The summed E-state index contributed by atoms with van der Waals surface area (Å²) in [4.78, 5) is 16.8. The standard InChI is InChI=1S/C16H15N5O2/c1-23-10-4-2-9(3-5-10)8-21-13(22)6-11-14(18)12(7-17)15(19)20-16(11)21/h2-5H,6,8H2,1H3,(H4,18,19,20)/p+1. The number of pyridine rings is 1. The molecular weight excluding hydrogens is 294 g/mol. The number of methoxy groups -OCH3 is 1. The van der Waals surface area contributed by atoms with Gasteiger partial charge in [0.2, 0.25) is 11.6 Å². The molecule has 7 nitrogen and oxygen atoms in total. The van der Waals surface area contributed by atoms with Crippen molar-refractivity contribution < 1.29 is 14.5 Å². The Kier molecular flexibility index (Phi) is 3.50. The van der Waals surface area contributed by atoms with Crippen molar-refractivity contribution in [3.63, 3.8) is 0 Å². The molecule has 116 valence electrons. The number of nitrogens with one attached hydrogen (secondary N) is 1. The van der Waals surface area contributed by atoms with Crippen LogP contribution >= 0.6 is 0 Å². The van der Waals surface area contributed by atoms with E-state index in [1.54, 1.807) is 12.0 Å². The molecular formula is C16H16N5O2+. The van der Waals surface area contributed by atoms with Gasteiger partial charge in [-0.1, -0.05) is 12.1 Å². The number of carbonyl (C=O) groups excluding carboxylic acids is 1. The van der Waals surface area contributed by atoms with Crippen LogP contribution in [0.5, 0.6) is 5.75 Å². The molecule has 23 heavy (non-hydrogen) atoms. The third kappa shape index (κ3) is 2.40. The maximum absolute atomic E-state index is 12.3. The van der Waals surface area contributed by atoms with E-state index < -0.39 is 0 Å². The minimum Gasteiger partial charge on any atom is -0.497 e. The number of amides is 1. The highest BCUT2D eigenvalue weighted by atomic mass is 16.5. The third-order valence-corrected chi connectivity index (χ3v) is 3.91. The van der Waals surface area contributed by atoms with Crippen molar-refractivity contribution >= 4 is 23.2 Å². The SMILES string of the molecule is COc1ccc(CN2C(=O)Cc3c2[nH+]c(N)c(C#N)c3N)cc1. The number of nitrogens with two attached hydrogens (primary N) is 2. The molecule has 1 aliphatic rings. The zero-order chi connectivity index (χ0) is 16.6. The van der Waals surface area contributed by atoms with E-state index in [-0.39, 0.29) is 29.4 Å². The lowest BCUT2D eigenvalue weighted by Gasteiger charge is -2.13. The van der Waals surface area contributed by atoms with E-state index in [0.717, 1.165) is 11.3 Å². The first kappa shape index (κ1) is 14.7. The summed E-state index contributed by atoms with van der Waals surface area (Å²) in [5, 5.41) is 9.11. The maximum Gasteiger partial charge on any atom is 0.287 e. The van der Waals surface area contributed by atoms with Gasteiger partial charge in [-0.15, -0.1) is 0 Å². The van der Waals surface area contributed by atoms with Crippen LogP contribution in [0.3, 0.4) is 0 Å². The second kappa shape index (κ2) is 5.50. The molecule has 0 spiro atoms. The average molecular weight is 310 g/mol. The number of aromatic nitrogens is 1. The number of hydrogen-bond acceptors (Lipinski definition) is 5. The lowest BCUT2D eigenvalue weighted by atomic mass is 10.1. The van der Waals surface area contributed by atoms with Gasteiger partial charge in [-0.3, -0.25) is 4.79 Å². The number of nitrogen functional groups attached to an aromatic ring is 2. The number of aromatic amines is 1. The van der Waals surface area contributed by atoms with Crippen molar-refractivity contribution in [1.82, 2.24) is 0 Å². The van der Waals surface area contributed by atoms with E-state index >= 15 is 0 Å². The molecule has 2 heterocycles. The molecule has 2 aromatic rings. The number of fused-ring (bicyclic) bond motifs is 1. The Morgan fingerprint density at radius 3 is 2.65 bits per heavy atom. The molecule has 0 bridgehead atoms. The molecule has 0 unspecified atom stereocenters. The van der Waals surface area contributed by atoms with E-state index in [0.29, 0.717) is 17.9 Å². The first-order valence-electron chi connectivity index (χ1n) is 7.01. The minimum absolute atomic E-state index is 0.0896. The van der Waals surface area contributed by atoms with E-state index in [2.05, 4.69) is 4.98 Å². The summed E-state index contributed by atoms with van der Waals surface area (Å²) >= 11 is 0. The first-order chi connectivity index (χ1) is 11.0. The summed E-state index contributed by atoms with van der Waals surface area (Å²) in [5.74, 6) is 1.38. The van der Waals surface area contributed by atoms with Crippen molar-refractivity contribution in [1.29, 1.82) is 5.26 Å². The molecule has 0 atom stereocenters. The number of nitrogens with zero attached hydrogens (tertiary/aromatic N) is 2. The number of hydrogen-bond donors (Lipinski definition) is 2. The van der Waals surface area contributed by atoms with Crippen LogP contribution in [0.25, 0.3) is 0 Å². The van der Waals surface area contributed by atoms with Gasteiger partial charge in [0.25, 0.3) is 5.91 Å². The average Bonchev–Trinajstić information content (AvgIpc) is 2.85. The molecule has 1 aromatic carbocycles. The minimum atomic E-state index is -0.0896. The quantitative estimate of drug-likeness (QED) is 0.861. The number of ether oxygens (including phenoxy) is 1. The monoisotopic (exact) mass is 310 g/mol. The van der Waals surface area contributed by atoms with Crippen molar-refractivity contribution in [2.75, 3.05) is 23.5 Å². The van der Waals surface area contributed by atoms with Crippen LogP contribution in [0.1, 0.15) is 16.7 Å². The highest BCUT2D eigenvalue weighted by Gasteiger charge is 2.37. The summed E-state index contributed by atoms with van der Waals surface area (Å²) in [6, 6.07) is 9.41. The lowest BCUT2D eigenvalue weighted by molar-refractivity contribution is -0.345. The molecule has 0 fully saturated rings. The highest BCUT2D eigenvalue weighted by molar-refractivity contribution is 6.01. The largest absolute Gasteiger partial charge is 0.497 e. The number of nitriles is 1. The van der Waals surface area contributed by atoms with E-state index in [1.807, 2.05) is 30.3 Å². The van der Waals surface area contributed by atoms with Gasteiger partial charge in [-0.2, -0.15) is 5.26 Å². The molecule has 0 aliphatic carbocycles. The van der Waals surface area contributed by atoms with E-state index in [1.165, 1.54) is 0 Å². The Bertz CT molecular complexity index is 824. The van der Waals surface area contributed by atoms with Crippen LogP contribution in [0.4, 0.5) is 17.3 Å². The van der Waals surface area contributed by atoms with Gasteiger partial charge < -0.3 is 16.2 Å². The molecule has 0 saturated heterocycles. The summed E-state index contributed by atoms with van der Waals surface area (Å²) in [7, 11) is 1.60. The lowest BCUT2D eigenvalue weighted by Crippen LogP contribution is -2.31. The Balaban J connectivity index is 1.97. The molecule has 3 rings (SSSR count). The number of anilines is 3. The first-order valence-corrected chi connectivity index (χ1v) is 7.01. The Hall–Kier alpha value is -3.27. The molecule has 1 aromatic heterocycles. The van der Waals surface area contributed by atoms with Gasteiger partial charge in [0.05, 0.1) is 31.3 Å².